The standard InChI is InChI=1S/C19H29N3O6S/c1-21(2)10-11-22(15-8-13-29(25,26)14-15)19(24)18(23)20-9-12-28-17-6-4-16(27-3)5-7-17/h4-7,15H,8-14H2,1-3H3,(H,20,23). The van der Waals surface area contributed by atoms with Crippen molar-refractivity contribution in [2.75, 3.05) is 59.0 Å². The Morgan fingerprint density at radius 3 is 2.34 bits per heavy atom. The third kappa shape index (κ3) is 7.21. The van der Waals surface area contributed by atoms with Gasteiger partial charge in [0.05, 0.1) is 25.2 Å². The molecule has 0 radical (unpaired) electrons. The lowest BCUT2D eigenvalue weighted by Gasteiger charge is -2.28. The zero-order chi connectivity index (χ0) is 21.4. The molecule has 162 valence electrons. The molecule has 29 heavy (non-hydrogen) atoms. The lowest BCUT2D eigenvalue weighted by molar-refractivity contribution is -0.147. The summed E-state index contributed by atoms with van der Waals surface area (Å²) in [5, 5.41) is 2.54. The van der Waals surface area contributed by atoms with Crippen LogP contribution in [0.5, 0.6) is 11.5 Å². The highest BCUT2D eigenvalue weighted by Crippen LogP contribution is 2.18. The van der Waals surface area contributed by atoms with E-state index in [1.807, 2.05) is 19.0 Å². The maximum absolute atomic E-state index is 12.6. The number of rotatable bonds is 9. The lowest BCUT2D eigenvalue weighted by Crippen LogP contribution is -2.50. The second-order valence-electron chi connectivity index (χ2n) is 7.14. The van der Waals surface area contributed by atoms with Crippen LogP contribution < -0.4 is 14.8 Å². The number of amides is 2. The minimum atomic E-state index is -3.16. The van der Waals surface area contributed by atoms with E-state index < -0.39 is 27.7 Å². The Morgan fingerprint density at radius 1 is 1.14 bits per heavy atom. The average Bonchev–Trinajstić information content (AvgIpc) is 3.04. The highest BCUT2D eigenvalue weighted by molar-refractivity contribution is 7.91. The summed E-state index contributed by atoms with van der Waals surface area (Å²) in [6.45, 7) is 1.18. The molecule has 1 aromatic rings. The number of hydrogen-bond acceptors (Lipinski definition) is 7. The Morgan fingerprint density at radius 2 is 1.79 bits per heavy atom. The predicted octanol–water partition coefficient (Wildman–Crippen LogP) is -0.232. The van der Waals surface area contributed by atoms with Gasteiger partial charge >= 0.3 is 11.8 Å². The van der Waals surface area contributed by atoms with Crippen molar-refractivity contribution in [3.63, 3.8) is 0 Å². The number of benzene rings is 1. The maximum atomic E-state index is 12.6. The summed E-state index contributed by atoms with van der Waals surface area (Å²) >= 11 is 0. The topological polar surface area (TPSA) is 105 Å². The van der Waals surface area contributed by atoms with Crippen molar-refractivity contribution < 1.29 is 27.5 Å². The summed E-state index contributed by atoms with van der Waals surface area (Å²) in [5.74, 6) is -0.191. The highest BCUT2D eigenvalue weighted by Gasteiger charge is 2.36. The Labute approximate surface area is 171 Å². The van der Waals surface area contributed by atoms with Gasteiger partial charge in [-0.3, -0.25) is 9.59 Å². The number of nitrogens with one attached hydrogen (secondary N) is 1. The number of hydrogen-bond donors (Lipinski definition) is 1. The maximum Gasteiger partial charge on any atom is 0.312 e. The molecule has 1 saturated heterocycles. The molecule has 0 spiro atoms. The highest BCUT2D eigenvalue weighted by atomic mass is 32.2. The summed E-state index contributed by atoms with van der Waals surface area (Å²) < 4.78 is 34.2. The van der Waals surface area contributed by atoms with Crippen LogP contribution in [0.1, 0.15) is 6.42 Å². The van der Waals surface area contributed by atoms with E-state index in [2.05, 4.69) is 5.32 Å². The molecule has 1 aliphatic rings. The number of likely N-dealkylation sites (N-methyl/N-ethyl adjacent to an activating group) is 1. The van der Waals surface area contributed by atoms with E-state index in [-0.39, 0.29) is 24.7 Å². The van der Waals surface area contributed by atoms with Crippen molar-refractivity contribution in [2.24, 2.45) is 0 Å². The van der Waals surface area contributed by atoms with Gasteiger partial charge in [-0.1, -0.05) is 0 Å². The van der Waals surface area contributed by atoms with Crippen molar-refractivity contribution in [1.82, 2.24) is 15.1 Å². The third-order valence-electron chi connectivity index (χ3n) is 4.61. The molecule has 0 aliphatic carbocycles. The molecular weight excluding hydrogens is 398 g/mol. The van der Waals surface area contributed by atoms with E-state index in [9.17, 15) is 18.0 Å². The minimum absolute atomic E-state index is 0.0424. The second kappa shape index (κ2) is 10.4. The summed E-state index contributed by atoms with van der Waals surface area (Å²) in [4.78, 5) is 28.2. The Bertz CT molecular complexity index is 795. The summed E-state index contributed by atoms with van der Waals surface area (Å²) in [5.41, 5.74) is 0. The first kappa shape index (κ1) is 23.0. The second-order valence-corrected chi connectivity index (χ2v) is 9.37. The molecule has 1 aliphatic heterocycles. The number of nitrogens with zero attached hydrogens (tertiary/aromatic N) is 2. The Balaban J connectivity index is 1.85. The van der Waals surface area contributed by atoms with E-state index in [4.69, 9.17) is 9.47 Å². The molecule has 1 aromatic carbocycles. The summed E-state index contributed by atoms with van der Waals surface area (Å²) in [6.07, 6.45) is 0.357. The Kier molecular flexibility index (Phi) is 8.27. The molecule has 9 nitrogen and oxygen atoms in total. The SMILES string of the molecule is COc1ccc(OCCNC(=O)C(=O)N(CCN(C)C)C2CCS(=O)(=O)C2)cc1. The molecule has 0 saturated carbocycles. The molecular formula is C19H29N3O6S. The number of ether oxygens (including phenoxy) is 2. The minimum Gasteiger partial charge on any atom is -0.497 e. The molecule has 0 bridgehead atoms. The van der Waals surface area contributed by atoms with Crippen molar-refractivity contribution in [2.45, 2.75) is 12.5 Å². The van der Waals surface area contributed by atoms with E-state index in [1.54, 1.807) is 31.4 Å². The van der Waals surface area contributed by atoms with Gasteiger partial charge in [-0.05, 0) is 44.8 Å². The molecule has 0 aromatic heterocycles. The molecule has 1 fully saturated rings. The van der Waals surface area contributed by atoms with Crippen LogP contribution >= 0.6 is 0 Å². The van der Waals surface area contributed by atoms with Crippen LogP contribution in [0, 0.1) is 0 Å². The van der Waals surface area contributed by atoms with Crippen LogP contribution in [0.2, 0.25) is 0 Å². The zero-order valence-corrected chi connectivity index (χ0v) is 17.9. The van der Waals surface area contributed by atoms with Gasteiger partial charge in [0, 0.05) is 19.1 Å². The molecule has 2 rings (SSSR count). The fourth-order valence-corrected chi connectivity index (χ4v) is 4.72. The van der Waals surface area contributed by atoms with Crippen LogP contribution in [-0.2, 0) is 19.4 Å². The van der Waals surface area contributed by atoms with Crippen LogP contribution in [0.15, 0.2) is 24.3 Å². The monoisotopic (exact) mass is 427 g/mol. The first-order chi connectivity index (χ1) is 13.7. The van der Waals surface area contributed by atoms with Crippen molar-refractivity contribution in [3.8, 4) is 11.5 Å². The normalized spacial score (nSPS) is 17.7. The lowest BCUT2D eigenvalue weighted by atomic mass is 10.2. The van der Waals surface area contributed by atoms with E-state index in [1.165, 1.54) is 4.90 Å². The van der Waals surface area contributed by atoms with Gasteiger partial charge in [0.25, 0.3) is 0 Å². The number of methoxy groups -OCH3 is 1. The number of carbonyl (C=O) groups is 2. The quantitative estimate of drug-likeness (QED) is 0.429. The van der Waals surface area contributed by atoms with Gasteiger partial charge < -0.3 is 24.6 Å². The number of sulfone groups is 1. The smallest absolute Gasteiger partial charge is 0.312 e. The third-order valence-corrected chi connectivity index (χ3v) is 6.36. The van der Waals surface area contributed by atoms with Gasteiger partial charge in [-0.2, -0.15) is 0 Å². The molecule has 1 unspecified atom stereocenters. The summed E-state index contributed by atoms with van der Waals surface area (Å²) in [6, 6.07) is 6.55. The van der Waals surface area contributed by atoms with Crippen LogP contribution in [0.4, 0.5) is 0 Å². The van der Waals surface area contributed by atoms with Crippen molar-refractivity contribution >= 4 is 21.7 Å². The van der Waals surface area contributed by atoms with E-state index in [0.717, 1.165) is 0 Å². The van der Waals surface area contributed by atoms with Crippen LogP contribution in [0.3, 0.4) is 0 Å². The Hall–Kier alpha value is -2.33. The van der Waals surface area contributed by atoms with Gasteiger partial charge in [-0.15, -0.1) is 0 Å². The van der Waals surface area contributed by atoms with Crippen LogP contribution in [-0.4, -0.2) is 95.0 Å². The van der Waals surface area contributed by atoms with Gasteiger partial charge in [0.15, 0.2) is 9.84 Å². The van der Waals surface area contributed by atoms with E-state index in [0.29, 0.717) is 31.0 Å². The van der Waals surface area contributed by atoms with Crippen molar-refractivity contribution in [1.29, 1.82) is 0 Å². The van der Waals surface area contributed by atoms with E-state index >= 15 is 0 Å². The van der Waals surface area contributed by atoms with Gasteiger partial charge in [-0.25, -0.2) is 8.42 Å². The average molecular weight is 428 g/mol. The summed E-state index contributed by atoms with van der Waals surface area (Å²) in [7, 11) is 2.12. The predicted molar refractivity (Wildman–Crippen MR) is 109 cm³/mol. The van der Waals surface area contributed by atoms with Crippen LogP contribution in [0.25, 0.3) is 0 Å². The molecule has 1 N–H and O–H groups in total. The van der Waals surface area contributed by atoms with Crippen molar-refractivity contribution in [3.05, 3.63) is 24.3 Å². The number of carbonyl (C=O) groups excluding carboxylic acids is 2. The van der Waals surface area contributed by atoms with Gasteiger partial charge in [0.1, 0.15) is 18.1 Å². The molecule has 1 heterocycles. The molecule has 10 heteroatoms. The largest absolute Gasteiger partial charge is 0.497 e. The first-order valence-electron chi connectivity index (χ1n) is 9.42. The van der Waals surface area contributed by atoms with Gasteiger partial charge in [0.2, 0.25) is 0 Å². The fraction of sp³-hybridized carbons (Fsp3) is 0.579. The molecule has 2 amide bonds. The first-order valence-corrected chi connectivity index (χ1v) is 11.2. The molecule has 1 atom stereocenters. The fourth-order valence-electron chi connectivity index (χ4n) is 2.99. The zero-order valence-electron chi connectivity index (χ0n) is 17.1.